The van der Waals surface area contributed by atoms with Gasteiger partial charge in [-0.05, 0) is 36.7 Å². The number of benzene rings is 1. The van der Waals surface area contributed by atoms with Gasteiger partial charge in [-0.15, -0.1) is 0 Å². The molecule has 1 heterocycles. The Morgan fingerprint density at radius 3 is 2.88 bits per heavy atom. The maximum Gasteiger partial charge on any atom is 0.195 e. The molecule has 1 aromatic carbocycles. The third kappa shape index (κ3) is 2.15. The lowest BCUT2D eigenvalue weighted by Crippen LogP contribution is -2.03. The van der Waals surface area contributed by atoms with Crippen LogP contribution in [0.2, 0.25) is 5.02 Å². The molecule has 88 valence electrons. The first kappa shape index (κ1) is 11.0. The van der Waals surface area contributed by atoms with E-state index in [4.69, 9.17) is 23.8 Å². The number of halogens is 1. The second kappa shape index (κ2) is 4.27. The molecule has 0 amide bonds. The van der Waals surface area contributed by atoms with Crippen LogP contribution in [0.3, 0.4) is 0 Å². The average Bonchev–Trinajstić information content (AvgIpc) is 3.08. The van der Waals surface area contributed by atoms with Crippen LogP contribution in [0.25, 0.3) is 0 Å². The third-order valence-electron chi connectivity index (χ3n) is 3.00. The molecule has 17 heavy (non-hydrogen) atoms. The van der Waals surface area contributed by atoms with E-state index >= 15 is 0 Å². The molecular weight excluding hydrogens is 254 g/mol. The minimum absolute atomic E-state index is 0.540. The number of nitrogens with one attached hydrogen (secondary N) is 1. The summed E-state index contributed by atoms with van der Waals surface area (Å²) in [6.07, 6.45) is 3.12. The van der Waals surface area contributed by atoms with Crippen LogP contribution in [0.1, 0.15) is 30.3 Å². The fraction of sp³-hybridized carbons (Fsp3) is 0.333. The van der Waals surface area contributed by atoms with Crippen molar-refractivity contribution >= 4 is 23.8 Å². The van der Waals surface area contributed by atoms with Gasteiger partial charge in [0.2, 0.25) is 0 Å². The van der Waals surface area contributed by atoms with Crippen LogP contribution < -0.4 is 0 Å². The predicted octanol–water partition coefficient (Wildman–Crippen LogP) is 3.52. The first-order valence-electron chi connectivity index (χ1n) is 5.65. The van der Waals surface area contributed by atoms with Gasteiger partial charge >= 0.3 is 0 Å². The summed E-state index contributed by atoms with van der Waals surface area (Å²) in [7, 11) is 0. The average molecular weight is 266 g/mol. The van der Waals surface area contributed by atoms with Crippen molar-refractivity contribution in [1.82, 2.24) is 14.8 Å². The highest BCUT2D eigenvalue weighted by Gasteiger charge is 2.27. The Bertz CT molecular complexity index is 598. The van der Waals surface area contributed by atoms with Crippen molar-refractivity contribution in [3.8, 4) is 0 Å². The predicted molar refractivity (Wildman–Crippen MR) is 69.9 cm³/mol. The summed E-state index contributed by atoms with van der Waals surface area (Å²) in [5, 5.41) is 7.95. The molecule has 1 aliphatic carbocycles. The number of aromatic amines is 1. The second-order valence-electron chi connectivity index (χ2n) is 4.31. The smallest absolute Gasteiger partial charge is 0.195 e. The van der Waals surface area contributed by atoms with E-state index in [0.717, 1.165) is 27.6 Å². The van der Waals surface area contributed by atoms with Gasteiger partial charge in [-0.3, -0.25) is 5.10 Å². The fourth-order valence-electron chi connectivity index (χ4n) is 1.98. The minimum Gasteiger partial charge on any atom is -0.301 e. The van der Waals surface area contributed by atoms with Gasteiger partial charge in [0.15, 0.2) is 4.77 Å². The monoisotopic (exact) mass is 265 g/mol. The molecule has 1 aliphatic rings. The summed E-state index contributed by atoms with van der Waals surface area (Å²) < 4.78 is 2.84. The van der Waals surface area contributed by atoms with Crippen molar-refractivity contribution in [3.63, 3.8) is 0 Å². The molecule has 3 rings (SSSR count). The van der Waals surface area contributed by atoms with Crippen molar-refractivity contribution < 1.29 is 0 Å². The Morgan fingerprint density at radius 2 is 2.18 bits per heavy atom. The van der Waals surface area contributed by atoms with Crippen LogP contribution in [0, 0.1) is 4.77 Å². The highest BCUT2D eigenvalue weighted by molar-refractivity contribution is 7.71. The maximum atomic E-state index is 6.16. The Labute approximate surface area is 109 Å². The van der Waals surface area contributed by atoms with Crippen molar-refractivity contribution in [3.05, 3.63) is 45.4 Å². The first-order chi connectivity index (χ1) is 8.25. The molecule has 0 saturated heterocycles. The Kier molecular flexibility index (Phi) is 2.76. The molecule has 0 spiro atoms. The summed E-state index contributed by atoms with van der Waals surface area (Å²) in [6, 6.07) is 8.39. The van der Waals surface area contributed by atoms with E-state index in [-0.39, 0.29) is 0 Å². The zero-order valence-corrected chi connectivity index (χ0v) is 10.8. The van der Waals surface area contributed by atoms with E-state index < -0.39 is 0 Å². The maximum absolute atomic E-state index is 6.16. The summed E-state index contributed by atoms with van der Waals surface area (Å²) >= 11 is 11.4. The molecule has 3 nitrogen and oxygen atoms in total. The summed E-state index contributed by atoms with van der Waals surface area (Å²) in [5.41, 5.74) is 1.09. The van der Waals surface area contributed by atoms with Crippen LogP contribution in [0.5, 0.6) is 0 Å². The minimum atomic E-state index is 0.540. The molecule has 0 unspecified atom stereocenters. The number of H-pyrrole nitrogens is 1. The number of hydrogen-bond acceptors (Lipinski definition) is 2. The molecule has 0 atom stereocenters. The van der Waals surface area contributed by atoms with Crippen LogP contribution in [0.4, 0.5) is 0 Å². The summed E-state index contributed by atoms with van der Waals surface area (Å²) in [6.45, 7) is 0. The van der Waals surface area contributed by atoms with Crippen molar-refractivity contribution in [2.45, 2.75) is 25.3 Å². The highest BCUT2D eigenvalue weighted by Crippen LogP contribution is 2.36. The van der Waals surface area contributed by atoms with Gasteiger partial charge in [-0.1, -0.05) is 29.8 Å². The second-order valence-corrected chi connectivity index (χ2v) is 5.11. The molecule has 5 heteroatoms. The van der Waals surface area contributed by atoms with E-state index in [1.165, 1.54) is 12.8 Å². The Balaban J connectivity index is 1.96. The number of aromatic nitrogens is 3. The topological polar surface area (TPSA) is 33.6 Å². The molecule has 0 aliphatic heterocycles. The lowest BCUT2D eigenvalue weighted by molar-refractivity contribution is 0.686. The Hall–Kier alpha value is -1.13. The van der Waals surface area contributed by atoms with Crippen LogP contribution in [-0.2, 0) is 6.42 Å². The normalized spacial score (nSPS) is 15.1. The molecule has 1 fully saturated rings. The standard InChI is InChI=1S/C12H12ClN3S/c13-10-4-2-1-3-8(10)7-11-14-15-12(17)16(11)9-5-6-9/h1-4,9H,5-7H2,(H,15,17). The van der Waals surface area contributed by atoms with Gasteiger partial charge in [0.1, 0.15) is 5.82 Å². The molecular formula is C12H12ClN3S. The van der Waals surface area contributed by atoms with Gasteiger partial charge in [-0.25, -0.2) is 0 Å². The zero-order valence-electron chi connectivity index (χ0n) is 9.19. The summed E-state index contributed by atoms with van der Waals surface area (Å²) in [5.74, 6) is 0.977. The lowest BCUT2D eigenvalue weighted by atomic mass is 10.1. The zero-order chi connectivity index (χ0) is 11.8. The Morgan fingerprint density at radius 1 is 1.41 bits per heavy atom. The van der Waals surface area contributed by atoms with E-state index in [1.54, 1.807) is 0 Å². The van der Waals surface area contributed by atoms with Crippen LogP contribution >= 0.6 is 23.8 Å². The molecule has 2 aromatic rings. The quantitative estimate of drug-likeness (QED) is 0.862. The molecule has 0 bridgehead atoms. The van der Waals surface area contributed by atoms with Gasteiger partial charge in [0.05, 0.1) is 0 Å². The SMILES string of the molecule is S=c1[nH]nc(Cc2ccccc2Cl)n1C1CC1. The highest BCUT2D eigenvalue weighted by atomic mass is 35.5. The third-order valence-corrected chi connectivity index (χ3v) is 3.65. The molecule has 0 radical (unpaired) electrons. The van der Waals surface area contributed by atoms with E-state index in [2.05, 4.69) is 14.8 Å². The first-order valence-corrected chi connectivity index (χ1v) is 6.43. The van der Waals surface area contributed by atoms with Gasteiger partial charge in [-0.2, -0.15) is 5.10 Å². The van der Waals surface area contributed by atoms with Gasteiger partial charge in [0, 0.05) is 17.5 Å². The number of hydrogen-bond donors (Lipinski definition) is 1. The van der Waals surface area contributed by atoms with E-state index in [0.29, 0.717) is 6.04 Å². The largest absolute Gasteiger partial charge is 0.301 e. The van der Waals surface area contributed by atoms with E-state index in [1.807, 2.05) is 24.3 Å². The number of rotatable bonds is 3. The van der Waals surface area contributed by atoms with Crippen molar-refractivity contribution in [1.29, 1.82) is 0 Å². The van der Waals surface area contributed by atoms with Crippen molar-refractivity contribution in [2.24, 2.45) is 0 Å². The summed E-state index contributed by atoms with van der Waals surface area (Å²) in [4.78, 5) is 0. The van der Waals surface area contributed by atoms with Crippen LogP contribution in [0.15, 0.2) is 24.3 Å². The lowest BCUT2D eigenvalue weighted by Gasteiger charge is -2.06. The molecule has 1 N–H and O–H groups in total. The van der Waals surface area contributed by atoms with Crippen molar-refractivity contribution in [2.75, 3.05) is 0 Å². The fourth-order valence-corrected chi connectivity index (χ4v) is 2.49. The molecule has 1 aromatic heterocycles. The number of nitrogens with zero attached hydrogens (tertiary/aromatic N) is 2. The van der Waals surface area contributed by atoms with Gasteiger partial charge < -0.3 is 4.57 Å². The van der Waals surface area contributed by atoms with Gasteiger partial charge in [0.25, 0.3) is 0 Å². The van der Waals surface area contributed by atoms with Crippen LogP contribution in [-0.4, -0.2) is 14.8 Å². The van der Waals surface area contributed by atoms with E-state index in [9.17, 15) is 0 Å². The molecule has 1 saturated carbocycles.